The minimum atomic E-state index is -0.0974. The van der Waals surface area contributed by atoms with Gasteiger partial charge in [-0.15, -0.1) is 0 Å². The summed E-state index contributed by atoms with van der Waals surface area (Å²) in [4.78, 5) is 0. The second-order valence-electron chi connectivity index (χ2n) is 3.80. The smallest absolute Gasteiger partial charge is 0.153 e. The second kappa shape index (κ2) is 4.11. The third-order valence-corrected chi connectivity index (χ3v) is 2.50. The van der Waals surface area contributed by atoms with Gasteiger partial charge in [-0.25, -0.2) is 0 Å². The summed E-state index contributed by atoms with van der Waals surface area (Å²) in [6, 6.07) is 1.81. The summed E-state index contributed by atoms with van der Waals surface area (Å²) in [6.07, 6.45) is 3.49. The maximum atomic E-state index is 5.68. The van der Waals surface area contributed by atoms with E-state index in [9.17, 15) is 0 Å². The minimum absolute atomic E-state index is 0.0974. The normalized spacial score (nSPS) is 24.9. The second-order valence-corrected chi connectivity index (χ2v) is 3.80. The van der Waals surface area contributed by atoms with E-state index in [0.717, 1.165) is 30.9 Å². The van der Waals surface area contributed by atoms with Crippen LogP contribution >= 0.6 is 0 Å². The lowest BCUT2D eigenvalue weighted by Gasteiger charge is -2.19. The topological polar surface area (TPSA) is 61.3 Å². The molecule has 1 aromatic heterocycles. The fraction of sp³-hybridized carbons (Fsp3) is 0.700. The van der Waals surface area contributed by atoms with Crippen LogP contribution in [0.25, 0.3) is 0 Å². The number of hydrogen-bond acceptors (Lipinski definition) is 4. The van der Waals surface area contributed by atoms with Crippen molar-refractivity contribution in [2.75, 3.05) is 6.61 Å². The lowest BCUT2D eigenvalue weighted by atomic mass is 10.1. The summed E-state index contributed by atoms with van der Waals surface area (Å²) in [5.41, 5.74) is 6.57. The van der Waals surface area contributed by atoms with Gasteiger partial charge in [-0.3, -0.25) is 0 Å². The van der Waals surface area contributed by atoms with Gasteiger partial charge in [0.25, 0.3) is 0 Å². The van der Waals surface area contributed by atoms with Crippen LogP contribution in [0.1, 0.15) is 49.8 Å². The van der Waals surface area contributed by atoms with E-state index in [4.69, 9.17) is 15.0 Å². The summed E-state index contributed by atoms with van der Waals surface area (Å²) in [5.74, 6) is 0.731. The molecule has 0 radical (unpaired) electrons. The van der Waals surface area contributed by atoms with Crippen LogP contribution in [0.5, 0.6) is 0 Å². The first-order chi connectivity index (χ1) is 6.77. The largest absolute Gasteiger partial charge is 0.372 e. The van der Waals surface area contributed by atoms with E-state index in [1.54, 1.807) is 0 Å². The summed E-state index contributed by atoms with van der Waals surface area (Å²) in [6.45, 7) is 2.71. The van der Waals surface area contributed by atoms with Gasteiger partial charge in [0.15, 0.2) is 5.76 Å². The van der Waals surface area contributed by atoms with Crippen LogP contribution in [-0.2, 0) is 4.74 Å². The van der Waals surface area contributed by atoms with Crippen molar-refractivity contribution in [2.45, 2.75) is 38.3 Å². The molecule has 1 fully saturated rings. The van der Waals surface area contributed by atoms with Gasteiger partial charge in [0.05, 0.1) is 6.04 Å². The van der Waals surface area contributed by atoms with Crippen LogP contribution < -0.4 is 5.73 Å². The van der Waals surface area contributed by atoms with Crippen molar-refractivity contribution in [3.05, 3.63) is 17.5 Å². The van der Waals surface area contributed by atoms with Gasteiger partial charge in [-0.2, -0.15) is 0 Å². The molecule has 4 heteroatoms. The van der Waals surface area contributed by atoms with Crippen LogP contribution in [0, 0.1) is 0 Å². The molecule has 14 heavy (non-hydrogen) atoms. The number of nitrogens with two attached hydrogens (primary N) is 1. The fourth-order valence-electron chi connectivity index (χ4n) is 1.64. The minimum Gasteiger partial charge on any atom is -0.372 e. The Balaban J connectivity index is 2.07. The van der Waals surface area contributed by atoms with Gasteiger partial charge in [0.1, 0.15) is 11.8 Å². The molecule has 2 rings (SSSR count). The summed E-state index contributed by atoms with van der Waals surface area (Å²) < 4.78 is 10.7. The number of nitrogens with zero attached hydrogens (tertiary/aromatic N) is 1. The van der Waals surface area contributed by atoms with Crippen LogP contribution in [-0.4, -0.2) is 11.8 Å². The molecule has 1 aromatic rings. The average Bonchev–Trinajstić information content (AvgIpc) is 2.68. The van der Waals surface area contributed by atoms with E-state index >= 15 is 0 Å². The quantitative estimate of drug-likeness (QED) is 0.785. The Morgan fingerprint density at radius 1 is 1.57 bits per heavy atom. The molecule has 2 heterocycles. The first-order valence-electron chi connectivity index (χ1n) is 5.11. The van der Waals surface area contributed by atoms with Crippen molar-refractivity contribution in [3.8, 4) is 0 Å². The van der Waals surface area contributed by atoms with Crippen molar-refractivity contribution < 1.29 is 9.26 Å². The number of aromatic nitrogens is 1. The molecule has 2 N–H and O–H groups in total. The van der Waals surface area contributed by atoms with E-state index < -0.39 is 0 Å². The van der Waals surface area contributed by atoms with Crippen molar-refractivity contribution in [2.24, 2.45) is 5.73 Å². The first-order valence-corrected chi connectivity index (χ1v) is 5.11. The molecule has 0 amide bonds. The van der Waals surface area contributed by atoms with Crippen molar-refractivity contribution in [1.29, 1.82) is 0 Å². The van der Waals surface area contributed by atoms with Crippen molar-refractivity contribution in [3.63, 3.8) is 0 Å². The molecule has 4 nitrogen and oxygen atoms in total. The predicted octanol–water partition coefficient (Wildman–Crippen LogP) is 1.94. The van der Waals surface area contributed by atoms with Crippen LogP contribution in [0.3, 0.4) is 0 Å². The molecule has 0 aromatic carbocycles. The molecular formula is C10H16N2O2. The van der Waals surface area contributed by atoms with Gasteiger partial charge in [-0.1, -0.05) is 5.16 Å². The van der Waals surface area contributed by atoms with Crippen molar-refractivity contribution in [1.82, 2.24) is 5.16 Å². The molecule has 1 aliphatic rings. The molecule has 78 valence electrons. The first kappa shape index (κ1) is 9.68. The zero-order chi connectivity index (χ0) is 9.97. The average molecular weight is 196 g/mol. The Kier molecular flexibility index (Phi) is 2.84. The lowest BCUT2D eigenvalue weighted by Crippen LogP contribution is -2.11. The van der Waals surface area contributed by atoms with Gasteiger partial charge < -0.3 is 15.0 Å². The van der Waals surface area contributed by atoms with E-state index in [-0.39, 0.29) is 12.1 Å². The number of rotatable bonds is 2. The summed E-state index contributed by atoms with van der Waals surface area (Å²) >= 11 is 0. The zero-order valence-electron chi connectivity index (χ0n) is 8.40. The Labute approximate surface area is 83.4 Å². The van der Waals surface area contributed by atoms with Gasteiger partial charge in [-0.05, 0) is 26.2 Å². The molecule has 0 spiro atoms. The standard InChI is InChI=1S/C10H16N2O2/c1-7(11)10-6-8(12-14-10)9-4-2-3-5-13-9/h6-7,9H,2-5,11H2,1H3. The highest BCUT2D eigenvalue weighted by atomic mass is 16.5. The highest BCUT2D eigenvalue weighted by Gasteiger charge is 2.20. The van der Waals surface area contributed by atoms with E-state index in [1.807, 2.05) is 13.0 Å². The van der Waals surface area contributed by atoms with Crippen LogP contribution in [0.4, 0.5) is 0 Å². The Morgan fingerprint density at radius 3 is 3.00 bits per heavy atom. The molecule has 0 bridgehead atoms. The number of hydrogen-bond donors (Lipinski definition) is 1. The molecule has 2 unspecified atom stereocenters. The lowest BCUT2D eigenvalue weighted by molar-refractivity contribution is 0.0105. The highest BCUT2D eigenvalue weighted by molar-refractivity contribution is 5.11. The molecule has 0 saturated carbocycles. The molecule has 1 saturated heterocycles. The highest BCUT2D eigenvalue weighted by Crippen LogP contribution is 2.28. The van der Waals surface area contributed by atoms with Gasteiger partial charge >= 0.3 is 0 Å². The van der Waals surface area contributed by atoms with Gasteiger partial charge in [0, 0.05) is 12.7 Å². The van der Waals surface area contributed by atoms with Gasteiger partial charge in [0.2, 0.25) is 0 Å². The third-order valence-electron chi connectivity index (χ3n) is 2.50. The SMILES string of the molecule is CC(N)c1cc(C2CCCCO2)no1. The predicted molar refractivity (Wildman–Crippen MR) is 51.6 cm³/mol. The van der Waals surface area contributed by atoms with Crippen molar-refractivity contribution >= 4 is 0 Å². The zero-order valence-corrected chi connectivity index (χ0v) is 8.40. The van der Waals surface area contributed by atoms with E-state index in [0.29, 0.717) is 0 Å². The van der Waals surface area contributed by atoms with Crippen LogP contribution in [0.15, 0.2) is 10.6 Å². The Bertz CT molecular complexity index is 290. The summed E-state index contributed by atoms with van der Waals surface area (Å²) in [5, 5.41) is 3.98. The molecule has 0 aliphatic carbocycles. The van der Waals surface area contributed by atoms with Crippen LogP contribution in [0.2, 0.25) is 0 Å². The molecular weight excluding hydrogens is 180 g/mol. The van der Waals surface area contributed by atoms with E-state index in [2.05, 4.69) is 5.16 Å². The fourth-order valence-corrected chi connectivity index (χ4v) is 1.64. The van der Waals surface area contributed by atoms with E-state index in [1.165, 1.54) is 6.42 Å². The Hall–Kier alpha value is -0.870. The summed E-state index contributed by atoms with van der Waals surface area (Å²) in [7, 11) is 0. The number of ether oxygens (including phenoxy) is 1. The Morgan fingerprint density at radius 2 is 2.43 bits per heavy atom. The third kappa shape index (κ3) is 1.96. The molecule has 2 atom stereocenters. The maximum Gasteiger partial charge on any atom is 0.153 e. The molecule has 1 aliphatic heterocycles. The monoisotopic (exact) mass is 196 g/mol. The maximum absolute atomic E-state index is 5.68.